The maximum Gasteiger partial charge on any atom is 0.303 e. The average Bonchev–Trinajstić information content (AvgIpc) is 3.78. The standard InChI is InChI=1S/C34H41NO5/c1-34(2,3)25-9-7-22(8-10-25)29-16-15-28(38-4)20-31(29)39-26-11-13-27(14-12-26)40-32-19-24(17-18-35-32)30(21-33(36)37)23-5-6-23/h7-10,15-20,23,26-27,30H,5-6,11-14,21H2,1-4H3,(H,36,37)/t26-,27-,30?. The highest BCUT2D eigenvalue weighted by atomic mass is 16.5. The maximum absolute atomic E-state index is 11.4. The number of carboxylic acids is 1. The number of carbonyl (C=O) groups is 1. The molecule has 3 aromatic rings. The molecule has 0 amide bonds. The Hall–Kier alpha value is -3.54. The van der Waals surface area contributed by atoms with Gasteiger partial charge in [0.1, 0.15) is 17.6 Å². The minimum absolute atomic E-state index is 0.0358. The van der Waals surface area contributed by atoms with Crippen LogP contribution in [0.2, 0.25) is 0 Å². The Morgan fingerprint density at radius 2 is 1.60 bits per heavy atom. The number of benzene rings is 2. The molecule has 0 bridgehead atoms. The van der Waals surface area contributed by atoms with E-state index in [9.17, 15) is 9.90 Å². The van der Waals surface area contributed by atoms with Gasteiger partial charge in [0.25, 0.3) is 0 Å². The molecule has 40 heavy (non-hydrogen) atoms. The molecule has 5 rings (SSSR count). The third-order valence-corrected chi connectivity index (χ3v) is 8.23. The van der Waals surface area contributed by atoms with Crippen molar-refractivity contribution in [1.82, 2.24) is 4.98 Å². The second kappa shape index (κ2) is 11.9. The molecule has 6 nitrogen and oxygen atoms in total. The molecule has 0 spiro atoms. The fraction of sp³-hybridized carbons (Fsp3) is 0.471. The van der Waals surface area contributed by atoms with Gasteiger partial charge >= 0.3 is 5.97 Å². The van der Waals surface area contributed by atoms with E-state index in [0.29, 0.717) is 11.8 Å². The average molecular weight is 544 g/mol. The number of ether oxygens (including phenoxy) is 3. The van der Waals surface area contributed by atoms with Crippen LogP contribution in [0.25, 0.3) is 11.1 Å². The van der Waals surface area contributed by atoms with E-state index in [-0.39, 0.29) is 30.0 Å². The van der Waals surface area contributed by atoms with Crippen molar-refractivity contribution < 1.29 is 24.1 Å². The zero-order valence-electron chi connectivity index (χ0n) is 24.1. The van der Waals surface area contributed by atoms with Crippen molar-refractivity contribution in [1.29, 1.82) is 0 Å². The van der Waals surface area contributed by atoms with E-state index in [1.807, 2.05) is 24.3 Å². The van der Waals surface area contributed by atoms with E-state index in [4.69, 9.17) is 14.2 Å². The van der Waals surface area contributed by atoms with Crippen molar-refractivity contribution in [2.75, 3.05) is 7.11 Å². The highest BCUT2D eigenvalue weighted by molar-refractivity contribution is 5.72. The summed E-state index contributed by atoms with van der Waals surface area (Å²) in [5, 5.41) is 9.37. The molecule has 2 aromatic carbocycles. The molecule has 2 aliphatic carbocycles. The number of hydrogen-bond donors (Lipinski definition) is 1. The van der Waals surface area contributed by atoms with Gasteiger partial charge in [-0.05, 0) is 90.7 Å². The summed E-state index contributed by atoms with van der Waals surface area (Å²) in [6, 6.07) is 18.7. The summed E-state index contributed by atoms with van der Waals surface area (Å²) in [5.74, 6) is 1.94. The summed E-state index contributed by atoms with van der Waals surface area (Å²) in [5.41, 5.74) is 4.61. The lowest BCUT2D eigenvalue weighted by Gasteiger charge is -2.30. The zero-order valence-corrected chi connectivity index (χ0v) is 24.1. The fourth-order valence-corrected chi connectivity index (χ4v) is 5.70. The first-order valence-corrected chi connectivity index (χ1v) is 14.5. The zero-order chi connectivity index (χ0) is 28.3. The molecular formula is C34H41NO5. The molecule has 212 valence electrons. The third kappa shape index (κ3) is 6.96. The van der Waals surface area contributed by atoms with E-state index < -0.39 is 5.97 Å². The van der Waals surface area contributed by atoms with Crippen LogP contribution < -0.4 is 14.2 Å². The van der Waals surface area contributed by atoms with Crippen LogP contribution in [0.3, 0.4) is 0 Å². The SMILES string of the molecule is COc1ccc(-c2ccc(C(C)(C)C)cc2)c(O[C@H]2CC[C@H](Oc3cc(C(CC(=O)O)C4CC4)ccn3)CC2)c1. The van der Waals surface area contributed by atoms with Gasteiger partial charge in [0, 0.05) is 23.9 Å². The van der Waals surface area contributed by atoms with Crippen molar-refractivity contribution in [2.45, 2.75) is 89.3 Å². The second-order valence-electron chi connectivity index (χ2n) is 12.3. The predicted molar refractivity (Wildman–Crippen MR) is 156 cm³/mol. The van der Waals surface area contributed by atoms with Crippen molar-refractivity contribution in [3.05, 3.63) is 71.9 Å². The molecule has 6 heteroatoms. The highest BCUT2D eigenvalue weighted by Gasteiger charge is 2.34. The summed E-state index contributed by atoms with van der Waals surface area (Å²) in [6.07, 6.45) is 7.76. The number of aromatic nitrogens is 1. The van der Waals surface area contributed by atoms with Gasteiger partial charge in [-0.2, -0.15) is 0 Å². The van der Waals surface area contributed by atoms with E-state index in [2.05, 4.69) is 56.1 Å². The largest absolute Gasteiger partial charge is 0.497 e. The fourth-order valence-electron chi connectivity index (χ4n) is 5.70. The van der Waals surface area contributed by atoms with Gasteiger partial charge in [0.2, 0.25) is 5.88 Å². The monoisotopic (exact) mass is 543 g/mol. The lowest BCUT2D eigenvalue weighted by Crippen LogP contribution is -2.30. The van der Waals surface area contributed by atoms with Gasteiger partial charge in [-0.25, -0.2) is 4.98 Å². The molecule has 1 aromatic heterocycles. The Morgan fingerprint density at radius 1 is 0.925 bits per heavy atom. The molecule has 1 heterocycles. The summed E-state index contributed by atoms with van der Waals surface area (Å²) >= 11 is 0. The molecular weight excluding hydrogens is 502 g/mol. The first kappa shape index (κ1) is 28.0. The van der Waals surface area contributed by atoms with Gasteiger partial charge in [-0.15, -0.1) is 0 Å². The van der Waals surface area contributed by atoms with E-state index in [1.54, 1.807) is 13.3 Å². The van der Waals surface area contributed by atoms with Crippen LogP contribution in [-0.2, 0) is 10.2 Å². The third-order valence-electron chi connectivity index (χ3n) is 8.23. The minimum Gasteiger partial charge on any atom is -0.497 e. The second-order valence-corrected chi connectivity index (χ2v) is 12.3. The number of methoxy groups -OCH3 is 1. The molecule has 1 atom stereocenters. The molecule has 2 fully saturated rings. The quantitative estimate of drug-likeness (QED) is 0.281. The molecule has 1 N–H and O–H groups in total. The molecule has 1 unspecified atom stereocenters. The van der Waals surface area contributed by atoms with E-state index in [1.165, 1.54) is 5.56 Å². The number of rotatable bonds is 10. The first-order chi connectivity index (χ1) is 19.2. The smallest absolute Gasteiger partial charge is 0.303 e. The summed E-state index contributed by atoms with van der Waals surface area (Å²) in [6.45, 7) is 6.67. The van der Waals surface area contributed by atoms with Crippen LogP contribution >= 0.6 is 0 Å². The molecule has 2 saturated carbocycles. The van der Waals surface area contributed by atoms with Crippen LogP contribution in [0.4, 0.5) is 0 Å². The summed E-state index contributed by atoms with van der Waals surface area (Å²) < 4.78 is 18.4. The number of pyridine rings is 1. The Balaban J connectivity index is 1.23. The van der Waals surface area contributed by atoms with Gasteiger partial charge < -0.3 is 19.3 Å². The van der Waals surface area contributed by atoms with Gasteiger partial charge in [0.15, 0.2) is 0 Å². The number of carboxylic acid groups (broad SMARTS) is 1. The molecule has 2 aliphatic rings. The van der Waals surface area contributed by atoms with Crippen molar-refractivity contribution >= 4 is 5.97 Å². The van der Waals surface area contributed by atoms with Crippen LogP contribution in [0.5, 0.6) is 17.4 Å². The lowest BCUT2D eigenvalue weighted by molar-refractivity contribution is -0.137. The molecule has 0 aliphatic heterocycles. The van der Waals surface area contributed by atoms with E-state index >= 15 is 0 Å². The normalized spacial score (nSPS) is 20.0. The van der Waals surface area contributed by atoms with Crippen LogP contribution in [0.1, 0.15) is 82.8 Å². The maximum atomic E-state index is 11.4. The Morgan fingerprint density at radius 3 is 2.20 bits per heavy atom. The summed E-state index contributed by atoms with van der Waals surface area (Å²) in [4.78, 5) is 15.8. The number of nitrogens with zero attached hydrogens (tertiary/aromatic N) is 1. The lowest BCUT2D eigenvalue weighted by atomic mass is 9.86. The van der Waals surface area contributed by atoms with Gasteiger partial charge in [-0.1, -0.05) is 45.0 Å². The molecule has 0 radical (unpaired) electrons. The predicted octanol–water partition coefficient (Wildman–Crippen LogP) is 7.79. The Labute approximate surface area is 237 Å². The highest BCUT2D eigenvalue weighted by Crippen LogP contribution is 2.45. The number of aliphatic carboxylic acids is 1. The van der Waals surface area contributed by atoms with Crippen LogP contribution in [-0.4, -0.2) is 35.4 Å². The van der Waals surface area contributed by atoms with E-state index in [0.717, 1.165) is 66.7 Å². The molecule has 0 saturated heterocycles. The topological polar surface area (TPSA) is 77.9 Å². The van der Waals surface area contributed by atoms with Crippen LogP contribution in [0.15, 0.2) is 60.8 Å². The van der Waals surface area contributed by atoms with Gasteiger partial charge in [-0.3, -0.25) is 4.79 Å². The minimum atomic E-state index is -0.754. The van der Waals surface area contributed by atoms with Crippen LogP contribution in [0, 0.1) is 5.92 Å². The Kier molecular flexibility index (Phi) is 8.34. The van der Waals surface area contributed by atoms with Crippen molar-refractivity contribution in [2.24, 2.45) is 5.92 Å². The van der Waals surface area contributed by atoms with Crippen molar-refractivity contribution in [3.8, 4) is 28.5 Å². The first-order valence-electron chi connectivity index (χ1n) is 14.5. The van der Waals surface area contributed by atoms with Gasteiger partial charge in [0.05, 0.1) is 19.6 Å². The van der Waals surface area contributed by atoms with Crippen molar-refractivity contribution in [3.63, 3.8) is 0 Å². The Bertz CT molecular complexity index is 1300. The summed E-state index contributed by atoms with van der Waals surface area (Å²) in [7, 11) is 1.68. The number of hydrogen-bond acceptors (Lipinski definition) is 5.